The predicted molar refractivity (Wildman–Crippen MR) is 128 cm³/mol. The van der Waals surface area contributed by atoms with E-state index in [0.29, 0.717) is 42.7 Å². The van der Waals surface area contributed by atoms with Gasteiger partial charge in [-0.05, 0) is 51.5 Å². The highest BCUT2D eigenvalue weighted by atomic mass is 127. The molecule has 6 nitrogen and oxygen atoms in total. The molecule has 178 valence electrons. The Morgan fingerprint density at radius 3 is 2.23 bits per heavy atom. The number of nitrogens with zero attached hydrogens (tertiary/aromatic N) is 2. The van der Waals surface area contributed by atoms with Gasteiger partial charge in [0.15, 0.2) is 5.96 Å². The predicted octanol–water partition coefficient (Wildman–Crippen LogP) is 3.58. The zero-order valence-corrected chi connectivity index (χ0v) is 21.3. The molecule has 1 aliphatic rings. The van der Waals surface area contributed by atoms with Crippen LogP contribution in [0.3, 0.4) is 0 Å². The Labute approximate surface area is 200 Å². The van der Waals surface area contributed by atoms with Crippen LogP contribution >= 0.6 is 24.0 Å². The van der Waals surface area contributed by atoms with Crippen molar-refractivity contribution in [1.29, 1.82) is 0 Å². The topological polar surface area (TPSA) is 73.8 Å². The zero-order chi connectivity index (χ0) is 22.4. The van der Waals surface area contributed by atoms with Crippen molar-refractivity contribution in [2.45, 2.75) is 45.5 Å². The molecule has 0 unspecified atom stereocenters. The number of benzene rings is 1. The van der Waals surface area contributed by atoms with Crippen LogP contribution in [0.2, 0.25) is 0 Å². The van der Waals surface area contributed by atoms with Gasteiger partial charge in [-0.15, -0.1) is 24.0 Å². The van der Waals surface area contributed by atoms with Crippen molar-refractivity contribution >= 4 is 40.0 Å². The van der Waals surface area contributed by atoms with Gasteiger partial charge in [-0.1, -0.05) is 29.3 Å². The van der Waals surface area contributed by atoms with Crippen LogP contribution in [0.4, 0.5) is 13.2 Å². The first-order valence-electron chi connectivity index (χ1n) is 10.2. The minimum absolute atomic E-state index is 0. The molecule has 0 bridgehead atoms. The second kappa shape index (κ2) is 12.2. The number of guanidine groups is 1. The summed E-state index contributed by atoms with van der Waals surface area (Å²) in [6.45, 7) is 7.69. The molecule has 0 radical (unpaired) electrons. The van der Waals surface area contributed by atoms with Crippen LogP contribution in [0.1, 0.15) is 36.5 Å². The number of hydrogen-bond acceptors (Lipinski definition) is 3. The van der Waals surface area contributed by atoms with E-state index in [4.69, 9.17) is 0 Å². The van der Waals surface area contributed by atoms with Gasteiger partial charge < -0.3 is 10.6 Å². The van der Waals surface area contributed by atoms with Gasteiger partial charge in [0.2, 0.25) is 0 Å². The maximum atomic E-state index is 12.7. The summed E-state index contributed by atoms with van der Waals surface area (Å²) >= 11 is 0. The van der Waals surface area contributed by atoms with Crippen molar-refractivity contribution in [1.82, 2.24) is 14.9 Å². The molecular formula is C20H32F3IN4O2S. The van der Waals surface area contributed by atoms with Crippen molar-refractivity contribution in [3.63, 3.8) is 0 Å². The fourth-order valence-corrected chi connectivity index (χ4v) is 4.56. The number of aryl methyl sites for hydroxylation is 2. The molecule has 1 aromatic rings. The van der Waals surface area contributed by atoms with Gasteiger partial charge in [-0.25, -0.2) is 8.42 Å². The molecule has 0 aliphatic carbocycles. The number of sulfonamides is 1. The van der Waals surface area contributed by atoms with E-state index in [9.17, 15) is 21.6 Å². The lowest BCUT2D eigenvalue weighted by Gasteiger charge is -2.30. The monoisotopic (exact) mass is 576 g/mol. The first kappa shape index (κ1) is 28.0. The Morgan fingerprint density at radius 2 is 1.71 bits per heavy atom. The minimum atomic E-state index is -5.24. The Kier molecular flexibility index (Phi) is 11.0. The van der Waals surface area contributed by atoms with Crippen molar-refractivity contribution in [3.8, 4) is 0 Å². The minimum Gasteiger partial charge on any atom is -0.357 e. The van der Waals surface area contributed by atoms with E-state index in [1.54, 1.807) is 0 Å². The first-order valence-corrected chi connectivity index (χ1v) is 11.6. The summed E-state index contributed by atoms with van der Waals surface area (Å²) in [5.41, 5.74) is -1.54. The Bertz CT molecular complexity index is 819. The SMILES string of the molecule is CCNC(=NCC1CCN(S(=O)(=O)C(F)(F)F)CC1)NCCc1cc(C)cc(C)c1.I. The zero-order valence-electron chi connectivity index (χ0n) is 18.1. The normalized spacial score (nSPS) is 16.6. The van der Waals surface area contributed by atoms with Gasteiger partial charge >= 0.3 is 15.5 Å². The van der Waals surface area contributed by atoms with Gasteiger partial charge in [-0.3, -0.25) is 4.99 Å². The summed E-state index contributed by atoms with van der Waals surface area (Å²) in [5, 5.41) is 6.45. The second-order valence-corrected chi connectivity index (χ2v) is 9.62. The van der Waals surface area contributed by atoms with Gasteiger partial charge in [-0.2, -0.15) is 17.5 Å². The van der Waals surface area contributed by atoms with E-state index in [2.05, 4.69) is 47.7 Å². The number of aliphatic imine (C=N–C) groups is 1. The fraction of sp³-hybridized carbons (Fsp3) is 0.650. The van der Waals surface area contributed by atoms with Crippen molar-refractivity contribution in [3.05, 3.63) is 34.9 Å². The summed E-state index contributed by atoms with van der Waals surface area (Å²) in [6, 6.07) is 6.44. The lowest BCUT2D eigenvalue weighted by molar-refractivity contribution is -0.0496. The molecule has 0 saturated carbocycles. The van der Waals surface area contributed by atoms with Gasteiger partial charge in [0.05, 0.1) is 0 Å². The third-order valence-electron chi connectivity index (χ3n) is 5.05. The number of rotatable bonds is 7. The molecule has 1 aromatic carbocycles. The Hall–Kier alpha value is -1.08. The molecule has 11 heteroatoms. The van der Waals surface area contributed by atoms with Crippen molar-refractivity contribution in [2.75, 3.05) is 32.7 Å². The molecular weight excluding hydrogens is 544 g/mol. The second-order valence-electron chi connectivity index (χ2n) is 7.69. The van der Waals surface area contributed by atoms with E-state index in [0.717, 1.165) is 6.42 Å². The van der Waals surface area contributed by atoms with Crippen LogP contribution in [0.15, 0.2) is 23.2 Å². The molecule has 0 spiro atoms. The molecule has 1 fully saturated rings. The lowest BCUT2D eigenvalue weighted by atomic mass is 9.98. The van der Waals surface area contributed by atoms with Crippen LogP contribution in [-0.4, -0.2) is 56.9 Å². The van der Waals surface area contributed by atoms with E-state index in [1.165, 1.54) is 16.7 Å². The van der Waals surface area contributed by atoms with Crippen molar-refractivity contribution in [2.24, 2.45) is 10.9 Å². The molecule has 0 aromatic heterocycles. The molecule has 2 N–H and O–H groups in total. The molecule has 0 amide bonds. The summed E-state index contributed by atoms with van der Waals surface area (Å²) in [7, 11) is -5.23. The Morgan fingerprint density at radius 1 is 1.13 bits per heavy atom. The number of nitrogens with one attached hydrogen (secondary N) is 2. The lowest BCUT2D eigenvalue weighted by Crippen LogP contribution is -2.45. The van der Waals surface area contributed by atoms with E-state index in [1.807, 2.05) is 6.92 Å². The molecule has 1 aliphatic heterocycles. The van der Waals surface area contributed by atoms with Crippen LogP contribution in [0.25, 0.3) is 0 Å². The van der Waals surface area contributed by atoms with E-state index >= 15 is 0 Å². The quantitative estimate of drug-likeness (QED) is 0.296. The number of alkyl halides is 3. The molecule has 0 atom stereocenters. The van der Waals surface area contributed by atoms with E-state index < -0.39 is 15.5 Å². The molecule has 1 heterocycles. The average Bonchev–Trinajstić information content (AvgIpc) is 2.65. The fourth-order valence-electron chi connectivity index (χ4n) is 3.58. The number of piperidine rings is 1. The first-order chi connectivity index (χ1) is 14.0. The number of halogens is 4. The highest BCUT2D eigenvalue weighted by Crippen LogP contribution is 2.30. The van der Waals surface area contributed by atoms with Crippen molar-refractivity contribution < 1.29 is 21.6 Å². The summed E-state index contributed by atoms with van der Waals surface area (Å²) in [6.07, 6.45) is 1.57. The molecule has 2 rings (SSSR count). The van der Waals surface area contributed by atoms with Crippen LogP contribution in [-0.2, 0) is 16.4 Å². The van der Waals surface area contributed by atoms with Gasteiger partial charge in [0, 0.05) is 32.7 Å². The van der Waals surface area contributed by atoms with Gasteiger partial charge in [0.1, 0.15) is 0 Å². The molecule has 31 heavy (non-hydrogen) atoms. The average molecular weight is 576 g/mol. The third-order valence-corrected chi connectivity index (χ3v) is 6.68. The third kappa shape index (κ3) is 8.41. The smallest absolute Gasteiger partial charge is 0.357 e. The van der Waals surface area contributed by atoms with Crippen LogP contribution in [0, 0.1) is 19.8 Å². The summed E-state index contributed by atoms with van der Waals surface area (Å²) in [4.78, 5) is 4.54. The van der Waals surface area contributed by atoms with Crippen LogP contribution in [0.5, 0.6) is 0 Å². The summed E-state index contributed by atoms with van der Waals surface area (Å²) < 4.78 is 61.5. The highest BCUT2D eigenvalue weighted by molar-refractivity contribution is 14.0. The standard InChI is InChI=1S/C20H31F3N4O2S.HI/c1-4-24-19(25-8-5-18-12-15(2)11-16(3)13-18)26-14-17-6-9-27(10-7-17)30(28,29)20(21,22)23;/h11-13,17H,4-10,14H2,1-3H3,(H2,24,25,26);1H. The maximum Gasteiger partial charge on any atom is 0.511 e. The van der Waals surface area contributed by atoms with E-state index in [-0.39, 0.29) is 43.0 Å². The largest absolute Gasteiger partial charge is 0.511 e. The highest BCUT2D eigenvalue weighted by Gasteiger charge is 2.50. The Balaban J connectivity index is 0.00000480. The maximum absolute atomic E-state index is 12.7. The van der Waals surface area contributed by atoms with Gasteiger partial charge in [0.25, 0.3) is 0 Å². The van der Waals surface area contributed by atoms with Crippen LogP contribution < -0.4 is 10.6 Å². The summed E-state index contributed by atoms with van der Waals surface area (Å²) in [5.74, 6) is 0.715. The number of hydrogen-bond donors (Lipinski definition) is 2. The molecule has 1 saturated heterocycles.